The minimum Gasteiger partial charge on any atom is -0.339 e. The first kappa shape index (κ1) is 14.0. The van der Waals surface area contributed by atoms with Gasteiger partial charge in [0.05, 0.1) is 6.42 Å². The molecule has 1 amide bonds. The van der Waals surface area contributed by atoms with Crippen LogP contribution in [0, 0.1) is 0 Å². The number of likely N-dealkylation sites (tertiary alicyclic amines) is 1. The van der Waals surface area contributed by atoms with Gasteiger partial charge in [0.1, 0.15) is 0 Å². The van der Waals surface area contributed by atoms with Crippen LogP contribution in [-0.2, 0) is 11.2 Å². The largest absolute Gasteiger partial charge is 0.339 e. The molecule has 0 spiro atoms. The van der Waals surface area contributed by atoms with Crippen LogP contribution in [0.1, 0.15) is 31.2 Å². The smallest absolute Gasteiger partial charge is 0.227 e. The van der Waals surface area contributed by atoms with Gasteiger partial charge in [-0.3, -0.25) is 9.78 Å². The van der Waals surface area contributed by atoms with E-state index in [0.29, 0.717) is 12.5 Å². The molecular formula is C15H23N3O. The molecule has 1 atom stereocenters. The van der Waals surface area contributed by atoms with Crippen LogP contribution in [0.3, 0.4) is 0 Å². The van der Waals surface area contributed by atoms with E-state index in [2.05, 4.69) is 15.2 Å². The molecule has 1 aliphatic rings. The van der Waals surface area contributed by atoms with Gasteiger partial charge in [0.2, 0.25) is 5.91 Å². The van der Waals surface area contributed by atoms with Crippen molar-refractivity contribution in [1.82, 2.24) is 15.2 Å². The fourth-order valence-electron chi connectivity index (χ4n) is 2.72. The van der Waals surface area contributed by atoms with Crippen molar-refractivity contribution in [2.45, 2.75) is 38.1 Å². The lowest BCUT2D eigenvalue weighted by Crippen LogP contribution is -2.45. The number of hydrogen-bond donors (Lipinski definition) is 1. The van der Waals surface area contributed by atoms with E-state index >= 15 is 0 Å². The van der Waals surface area contributed by atoms with Crippen LogP contribution in [0.5, 0.6) is 0 Å². The van der Waals surface area contributed by atoms with E-state index in [1.54, 1.807) is 12.4 Å². The van der Waals surface area contributed by atoms with E-state index in [1.165, 1.54) is 6.42 Å². The Hall–Kier alpha value is -1.42. The average molecular weight is 261 g/mol. The second-order valence-corrected chi connectivity index (χ2v) is 5.17. The quantitative estimate of drug-likeness (QED) is 0.876. The average Bonchev–Trinajstić information content (AvgIpc) is 2.46. The van der Waals surface area contributed by atoms with Crippen LogP contribution in [0.4, 0.5) is 0 Å². The number of pyridine rings is 1. The number of rotatable bonds is 5. The normalized spacial score (nSPS) is 19.4. The Morgan fingerprint density at radius 2 is 2.42 bits per heavy atom. The molecule has 104 valence electrons. The van der Waals surface area contributed by atoms with Crippen molar-refractivity contribution in [3.8, 4) is 0 Å². The Kier molecular flexibility index (Phi) is 5.33. The highest BCUT2D eigenvalue weighted by Gasteiger charge is 2.25. The molecule has 4 heteroatoms. The van der Waals surface area contributed by atoms with Crippen LogP contribution in [-0.4, -0.2) is 42.0 Å². The van der Waals surface area contributed by atoms with E-state index in [4.69, 9.17) is 0 Å². The lowest BCUT2D eigenvalue weighted by molar-refractivity contribution is -0.134. The molecule has 1 aliphatic heterocycles. The molecule has 0 saturated carbocycles. The number of hydrogen-bond acceptors (Lipinski definition) is 3. The standard InChI is InChI=1S/C15H23N3O/c1-16-9-7-14-6-2-3-10-18(14)15(19)11-13-5-4-8-17-12-13/h4-5,8,12,14,16H,2-3,6-7,9-11H2,1H3. The van der Waals surface area contributed by atoms with Gasteiger partial charge in [-0.15, -0.1) is 0 Å². The highest BCUT2D eigenvalue weighted by Crippen LogP contribution is 2.20. The molecule has 1 N–H and O–H groups in total. The number of carbonyl (C=O) groups excluding carboxylic acids is 1. The van der Waals surface area contributed by atoms with Crippen LogP contribution in [0.2, 0.25) is 0 Å². The van der Waals surface area contributed by atoms with Gasteiger partial charge in [0.25, 0.3) is 0 Å². The van der Waals surface area contributed by atoms with Gasteiger partial charge in [0.15, 0.2) is 0 Å². The van der Waals surface area contributed by atoms with Crippen LogP contribution < -0.4 is 5.32 Å². The Balaban J connectivity index is 1.95. The van der Waals surface area contributed by atoms with Gasteiger partial charge >= 0.3 is 0 Å². The van der Waals surface area contributed by atoms with Crippen LogP contribution in [0.15, 0.2) is 24.5 Å². The molecule has 0 aliphatic carbocycles. The monoisotopic (exact) mass is 261 g/mol. The lowest BCUT2D eigenvalue weighted by atomic mass is 9.98. The SMILES string of the molecule is CNCCC1CCCCN1C(=O)Cc1cccnc1. The molecule has 19 heavy (non-hydrogen) atoms. The van der Waals surface area contributed by atoms with E-state index in [1.807, 2.05) is 19.2 Å². The van der Waals surface area contributed by atoms with Crippen molar-refractivity contribution < 1.29 is 4.79 Å². The third kappa shape index (κ3) is 4.03. The fourth-order valence-corrected chi connectivity index (χ4v) is 2.72. The van der Waals surface area contributed by atoms with Crippen molar-refractivity contribution in [3.05, 3.63) is 30.1 Å². The Morgan fingerprint density at radius 3 is 3.16 bits per heavy atom. The number of nitrogens with one attached hydrogen (secondary N) is 1. The van der Waals surface area contributed by atoms with Crippen molar-refractivity contribution in [1.29, 1.82) is 0 Å². The third-order valence-corrected chi connectivity index (χ3v) is 3.75. The zero-order valence-corrected chi connectivity index (χ0v) is 11.6. The zero-order valence-electron chi connectivity index (χ0n) is 11.6. The fraction of sp³-hybridized carbons (Fsp3) is 0.600. The first-order valence-corrected chi connectivity index (χ1v) is 7.14. The molecule has 1 aromatic heterocycles. The summed E-state index contributed by atoms with van der Waals surface area (Å²) in [5, 5.41) is 3.18. The lowest BCUT2D eigenvalue weighted by Gasteiger charge is -2.36. The summed E-state index contributed by atoms with van der Waals surface area (Å²) in [6.07, 6.45) is 8.56. The van der Waals surface area contributed by atoms with Gasteiger partial charge in [-0.2, -0.15) is 0 Å². The topological polar surface area (TPSA) is 45.2 Å². The minimum absolute atomic E-state index is 0.244. The molecule has 1 fully saturated rings. The van der Waals surface area contributed by atoms with Gasteiger partial charge in [0, 0.05) is 25.0 Å². The summed E-state index contributed by atoms with van der Waals surface area (Å²) in [5.74, 6) is 0.244. The predicted molar refractivity (Wildman–Crippen MR) is 75.8 cm³/mol. The summed E-state index contributed by atoms with van der Waals surface area (Å²) in [7, 11) is 1.96. The van der Waals surface area contributed by atoms with Gasteiger partial charge in [-0.25, -0.2) is 0 Å². The molecular weight excluding hydrogens is 238 g/mol. The van der Waals surface area contributed by atoms with Gasteiger partial charge in [-0.05, 0) is 50.9 Å². The predicted octanol–water partition coefficient (Wildman–Crippen LogP) is 1.61. The summed E-state index contributed by atoms with van der Waals surface area (Å²) in [6.45, 7) is 1.88. The van der Waals surface area contributed by atoms with Crippen LogP contribution in [0.25, 0.3) is 0 Å². The second kappa shape index (κ2) is 7.24. The third-order valence-electron chi connectivity index (χ3n) is 3.75. The molecule has 0 bridgehead atoms. The summed E-state index contributed by atoms with van der Waals surface area (Å²) in [5.41, 5.74) is 1.01. The molecule has 0 radical (unpaired) electrons. The van der Waals surface area contributed by atoms with Crippen molar-refractivity contribution in [2.24, 2.45) is 0 Å². The highest BCUT2D eigenvalue weighted by molar-refractivity contribution is 5.79. The maximum atomic E-state index is 12.4. The highest BCUT2D eigenvalue weighted by atomic mass is 16.2. The number of piperidine rings is 1. The summed E-state index contributed by atoms with van der Waals surface area (Å²) in [4.78, 5) is 18.6. The molecule has 2 heterocycles. The Labute approximate surface area is 115 Å². The number of aromatic nitrogens is 1. The molecule has 0 aromatic carbocycles. The summed E-state index contributed by atoms with van der Waals surface area (Å²) >= 11 is 0. The number of amides is 1. The molecule has 1 aromatic rings. The Morgan fingerprint density at radius 1 is 1.53 bits per heavy atom. The Bertz CT molecular complexity index is 394. The van der Waals surface area contributed by atoms with Gasteiger partial charge in [-0.1, -0.05) is 6.07 Å². The van der Waals surface area contributed by atoms with E-state index < -0.39 is 0 Å². The van der Waals surface area contributed by atoms with Gasteiger partial charge < -0.3 is 10.2 Å². The van der Waals surface area contributed by atoms with Crippen molar-refractivity contribution in [2.75, 3.05) is 20.1 Å². The molecule has 2 rings (SSSR count). The minimum atomic E-state index is 0.244. The van der Waals surface area contributed by atoms with E-state index in [0.717, 1.165) is 37.9 Å². The molecule has 4 nitrogen and oxygen atoms in total. The van der Waals surface area contributed by atoms with E-state index in [9.17, 15) is 4.79 Å². The van der Waals surface area contributed by atoms with Crippen molar-refractivity contribution in [3.63, 3.8) is 0 Å². The maximum Gasteiger partial charge on any atom is 0.227 e. The summed E-state index contributed by atoms with van der Waals surface area (Å²) < 4.78 is 0. The maximum absolute atomic E-state index is 12.4. The molecule has 1 saturated heterocycles. The first-order chi connectivity index (χ1) is 9.31. The summed E-state index contributed by atoms with van der Waals surface area (Å²) in [6, 6.07) is 4.26. The zero-order chi connectivity index (χ0) is 13.5. The number of nitrogens with zero attached hydrogens (tertiary/aromatic N) is 2. The molecule has 1 unspecified atom stereocenters. The number of carbonyl (C=O) groups is 1. The second-order valence-electron chi connectivity index (χ2n) is 5.17. The van der Waals surface area contributed by atoms with Crippen molar-refractivity contribution >= 4 is 5.91 Å². The van der Waals surface area contributed by atoms with E-state index in [-0.39, 0.29) is 5.91 Å². The van der Waals surface area contributed by atoms with Crippen LogP contribution >= 0.6 is 0 Å². The first-order valence-electron chi connectivity index (χ1n) is 7.14.